The van der Waals surface area contributed by atoms with Gasteiger partial charge in [-0.05, 0) is 19.0 Å². The zero-order valence-electron chi connectivity index (χ0n) is 7.49. The summed E-state index contributed by atoms with van der Waals surface area (Å²) in [6.07, 6.45) is 1.57. The largest absolute Gasteiger partial charge is 0.489 e. The molecule has 3 rings (SSSR count). The zero-order chi connectivity index (χ0) is 8.67. The fraction of sp³-hybridized carbons (Fsp3) is 0.455. The van der Waals surface area contributed by atoms with Gasteiger partial charge in [0, 0.05) is 18.0 Å². The van der Waals surface area contributed by atoms with Crippen molar-refractivity contribution >= 4 is 0 Å². The summed E-state index contributed by atoms with van der Waals surface area (Å²) in [5.41, 5.74) is 1.39. The first-order valence-electron chi connectivity index (χ1n) is 4.91. The topological polar surface area (TPSA) is 21.3 Å². The molecule has 68 valence electrons. The van der Waals surface area contributed by atoms with E-state index in [1.807, 2.05) is 6.07 Å². The zero-order valence-corrected chi connectivity index (χ0v) is 7.49. The lowest BCUT2D eigenvalue weighted by molar-refractivity contribution is 0.172. The standard InChI is InChI=1S/C11H13NO/c1-2-4-10-8(3-1)9-7-12-6-5-11(9)13-10/h1-4,9,11-12H,5-7H2. The molecule has 2 aliphatic rings. The minimum atomic E-state index is 0.429. The fourth-order valence-corrected chi connectivity index (χ4v) is 2.34. The average molecular weight is 175 g/mol. The molecular formula is C11H13NO. The van der Waals surface area contributed by atoms with Crippen LogP contribution in [0.3, 0.4) is 0 Å². The minimum Gasteiger partial charge on any atom is -0.489 e. The molecule has 0 saturated carbocycles. The van der Waals surface area contributed by atoms with E-state index in [-0.39, 0.29) is 0 Å². The van der Waals surface area contributed by atoms with Crippen molar-refractivity contribution in [3.63, 3.8) is 0 Å². The van der Waals surface area contributed by atoms with Crippen molar-refractivity contribution in [1.82, 2.24) is 5.32 Å². The number of benzene rings is 1. The van der Waals surface area contributed by atoms with Crippen molar-refractivity contribution < 1.29 is 4.74 Å². The summed E-state index contributed by atoms with van der Waals surface area (Å²) in [5, 5.41) is 3.42. The molecule has 1 fully saturated rings. The lowest BCUT2D eigenvalue weighted by atomic mass is 9.91. The summed E-state index contributed by atoms with van der Waals surface area (Å²) in [4.78, 5) is 0. The highest BCUT2D eigenvalue weighted by molar-refractivity contribution is 5.41. The van der Waals surface area contributed by atoms with Gasteiger partial charge in [0.2, 0.25) is 0 Å². The molecular weight excluding hydrogens is 162 g/mol. The smallest absolute Gasteiger partial charge is 0.123 e. The van der Waals surface area contributed by atoms with Crippen LogP contribution >= 0.6 is 0 Å². The number of nitrogens with one attached hydrogen (secondary N) is 1. The van der Waals surface area contributed by atoms with Crippen LogP contribution in [0, 0.1) is 0 Å². The highest BCUT2D eigenvalue weighted by atomic mass is 16.5. The van der Waals surface area contributed by atoms with Crippen LogP contribution in [-0.2, 0) is 0 Å². The summed E-state index contributed by atoms with van der Waals surface area (Å²) in [6.45, 7) is 2.16. The predicted molar refractivity (Wildman–Crippen MR) is 51.1 cm³/mol. The monoisotopic (exact) mass is 175 g/mol. The Morgan fingerprint density at radius 3 is 3.23 bits per heavy atom. The van der Waals surface area contributed by atoms with Crippen LogP contribution in [0.25, 0.3) is 0 Å². The highest BCUT2D eigenvalue weighted by Gasteiger charge is 2.35. The van der Waals surface area contributed by atoms with Gasteiger partial charge >= 0.3 is 0 Å². The lowest BCUT2D eigenvalue weighted by Gasteiger charge is -2.24. The van der Waals surface area contributed by atoms with Gasteiger partial charge in [-0.3, -0.25) is 0 Å². The molecule has 2 unspecified atom stereocenters. The molecule has 1 N–H and O–H groups in total. The molecule has 0 aromatic heterocycles. The molecule has 1 aromatic rings. The summed E-state index contributed by atoms with van der Waals surface area (Å²) in [6, 6.07) is 8.41. The molecule has 0 aliphatic carbocycles. The van der Waals surface area contributed by atoms with Crippen LogP contribution in [0.2, 0.25) is 0 Å². The Morgan fingerprint density at radius 2 is 2.23 bits per heavy atom. The third-order valence-electron chi connectivity index (χ3n) is 3.02. The molecule has 13 heavy (non-hydrogen) atoms. The number of fused-ring (bicyclic) bond motifs is 3. The van der Waals surface area contributed by atoms with Gasteiger partial charge in [-0.2, -0.15) is 0 Å². The third kappa shape index (κ3) is 1.05. The fourth-order valence-electron chi connectivity index (χ4n) is 2.34. The van der Waals surface area contributed by atoms with Gasteiger partial charge in [0.05, 0.1) is 0 Å². The Hall–Kier alpha value is -1.02. The first-order valence-corrected chi connectivity index (χ1v) is 4.91. The van der Waals surface area contributed by atoms with E-state index in [2.05, 4.69) is 23.5 Å². The van der Waals surface area contributed by atoms with Crippen LogP contribution in [0.15, 0.2) is 24.3 Å². The molecule has 0 bridgehead atoms. The van der Waals surface area contributed by atoms with E-state index in [1.54, 1.807) is 0 Å². The number of para-hydroxylation sites is 1. The summed E-state index contributed by atoms with van der Waals surface area (Å²) >= 11 is 0. The molecule has 0 radical (unpaired) electrons. The first-order chi connectivity index (χ1) is 6.45. The Kier molecular flexibility index (Phi) is 1.56. The predicted octanol–water partition coefficient (Wildman–Crippen LogP) is 1.52. The van der Waals surface area contributed by atoms with E-state index in [0.29, 0.717) is 12.0 Å². The van der Waals surface area contributed by atoms with E-state index in [9.17, 15) is 0 Å². The molecule has 2 atom stereocenters. The second-order valence-electron chi connectivity index (χ2n) is 3.79. The Balaban J connectivity index is 2.01. The van der Waals surface area contributed by atoms with Gasteiger partial charge in [0.15, 0.2) is 0 Å². The van der Waals surface area contributed by atoms with Crippen LogP contribution in [0.5, 0.6) is 5.75 Å². The van der Waals surface area contributed by atoms with Gasteiger partial charge in [-0.25, -0.2) is 0 Å². The van der Waals surface area contributed by atoms with Crippen LogP contribution in [0.1, 0.15) is 17.9 Å². The maximum atomic E-state index is 5.87. The Labute approximate surface area is 77.9 Å². The number of hydrogen-bond acceptors (Lipinski definition) is 2. The summed E-state index contributed by atoms with van der Waals surface area (Å²) in [5.74, 6) is 1.69. The van der Waals surface area contributed by atoms with Crippen molar-refractivity contribution in [1.29, 1.82) is 0 Å². The maximum absolute atomic E-state index is 5.87. The molecule has 2 heteroatoms. The van der Waals surface area contributed by atoms with Crippen molar-refractivity contribution in [2.45, 2.75) is 18.4 Å². The van der Waals surface area contributed by atoms with E-state index in [4.69, 9.17) is 4.74 Å². The lowest BCUT2D eigenvalue weighted by Crippen LogP contribution is -2.37. The molecule has 0 amide bonds. The van der Waals surface area contributed by atoms with Gasteiger partial charge in [0.25, 0.3) is 0 Å². The number of ether oxygens (including phenoxy) is 1. The third-order valence-corrected chi connectivity index (χ3v) is 3.02. The second kappa shape index (κ2) is 2.74. The van der Waals surface area contributed by atoms with Crippen molar-refractivity contribution in [2.24, 2.45) is 0 Å². The van der Waals surface area contributed by atoms with Crippen molar-refractivity contribution in [3.8, 4) is 5.75 Å². The molecule has 1 aromatic carbocycles. The summed E-state index contributed by atoms with van der Waals surface area (Å²) < 4.78 is 5.87. The van der Waals surface area contributed by atoms with Gasteiger partial charge in [0.1, 0.15) is 11.9 Å². The molecule has 2 nitrogen and oxygen atoms in total. The quantitative estimate of drug-likeness (QED) is 0.645. The van der Waals surface area contributed by atoms with E-state index < -0.39 is 0 Å². The van der Waals surface area contributed by atoms with E-state index >= 15 is 0 Å². The number of piperidine rings is 1. The van der Waals surface area contributed by atoms with Gasteiger partial charge < -0.3 is 10.1 Å². The van der Waals surface area contributed by atoms with Crippen molar-refractivity contribution in [3.05, 3.63) is 29.8 Å². The minimum absolute atomic E-state index is 0.429. The van der Waals surface area contributed by atoms with Gasteiger partial charge in [-0.1, -0.05) is 18.2 Å². The molecule has 1 saturated heterocycles. The van der Waals surface area contributed by atoms with Crippen LogP contribution in [-0.4, -0.2) is 19.2 Å². The number of rotatable bonds is 0. The van der Waals surface area contributed by atoms with Gasteiger partial charge in [-0.15, -0.1) is 0 Å². The molecule has 2 aliphatic heterocycles. The maximum Gasteiger partial charge on any atom is 0.123 e. The van der Waals surface area contributed by atoms with E-state index in [1.165, 1.54) is 5.56 Å². The van der Waals surface area contributed by atoms with Crippen LogP contribution in [0.4, 0.5) is 0 Å². The number of hydrogen-bond donors (Lipinski definition) is 1. The van der Waals surface area contributed by atoms with E-state index in [0.717, 1.165) is 25.3 Å². The normalized spacial score (nSPS) is 30.5. The Bertz CT molecular complexity index is 324. The first kappa shape index (κ1) is 7.39. The molecule has 0 spiro atoms. The van der Waals surface area contributed by atoms with Crippen LogP contribution < -0.4 is 10.1 Å². The summed E-state index contributed by atoms with van der Waals surface area (Å²) in [7, 11) is 0. The highest BCUT2D eigenvalue weighted by Crippen LogP contribution is 2.39. The second-order valence-corrected chi connectivity index (χ2v) is 3.79. The van der Waals surface area contributed by atoms with Crippen molar-refractivity contribution in [2.75, 3.05) is 13.1 Å². The molecule has 2 heterocycles. The average Bonchev–Trinajstić information content (AvgIpc) is 2.56. The Morgan fingerprint density at radius 1 is 1.31 bits per heavy atom. The SMILES string of the molecule is c1ccc2c(c1)OC1CCNCC21.